The summed E-state index contributed by atoms with van der Waals surface area (Å²) in [6, 6.07) is 11.8. The minimum Gasteiger partial charge on any atom is -0.497 e. The number of carboxylic acid groups (broad SMARTS) is 1. The molecule has 2 aromatic rings. The number of carboxylic acids is 1. The van der Waals surface area contributed by atoms with Crippen molar-refractivity contribution in [1.29, 1.82) is 0 Å². The van der Waals surface area contributed by atoms with Crippen LogP contribution < -0.4 is 14.8 Å². The molecule has 0 bridgehead atoms. The predicted molar refractivity (Wildman–Crippen MR) is 100 cm³/mol. The SMILES string of the molecule is COCc1cc(NC(=O)CCCOc2ccc(OC)cc2)cc(C(=O)O)c1. The molecule has 0 saturated heterocycles. The highest BCUT2D eigenvalue weighted by Crippen LogP contribution is 2.18. The van der Waals surface area contributed by atoms with Crippen molar-refractivity contribution in [2.75, 3.05) is 26.1 Å². The predicted octanol–water partition coefficient (Wildman–Crippen LogP) is 3.34. The Bertz CT molecular complexity index is 773. The molecule has 2 aromatic carbocycles. The number of benzene rings is 2. The molecule has 0 spiro atoms. The highest BCUT2D eigenvalue weighted by atomic mass is 16.5. The zero-order valence-electron chi connectivity index (χ0n) is 15.4. The summed E-state index contributed by atoms with van der Waals surface area (Å²) in [6.45, 7) is 0.656. The maximum Gasteiger partial charge on any atom is 0.335 e. The van der Waals surface area contributed by atoms with E-state index in [0.717, 1.165) is 5.75 Å². The first-order valence-corrected chi connectivity index (χ1v) is 8.44. The second-order valence-corrected chi connectivity index (χ2v) is 5.83. The van der Waals surface area contributed by atoms with Crippen LogP contribution in [0.2, 0.25) is 0 Å². The van der Waals surface area contributed by atoms with Gasteiger partial charge in [0.2, 0.25) is 5.91 Å². The Balaban J connectivity index is 1.83. The fourth-order valence-electron chi connectivity index (χ4n) is 2.46. The first-order chi connectivity index (χ1) is 13.0. The summed E-state index contributed by atoms with van der Waals surface area (Å²) < 4.78 is 15.7. The largest absolute Gasteiger partial charge is 0.497 e. The summed E-state index contributed by atoms with van der Waals surface area (Å²) in [5.74, 6) is 0.184. The van der Waals surface area contributed by atoms with E-state index in [1.807, 2.05) is 0 Å². The topological polar surface area (TPSA) is 94.1 Å². The normalized spacial score (nSPS) is 10.3. The molecule has 0 aliphatic rings. The minimum atomic E-state index is -1.06. The van der Waals surface area contributed by atoms with Crippen LogP contribution in [0, 0.1) is 0 Å². The molecule has 0 heterocycles. The van der Waals surface area contributed by atoms with Gasteiger partial charge < -0.3 is 24.6 Å². The molecule has 1 amide bonds. The number of rotatable bonds is 10. The van der Waals surface area contributed by atoms with E-state index in [0.29, 0.717) is 30.0 Å². The summed E-state index contributed by atoms with van der Waals surface area (Å²) in [6.07, 6.45) is 0.786. The molecule has 0 saturated carbocycles. The van der Waals surface area contributed by atoms with E-state index in [4.69, 9.17) is 14.2 Å². The highest BCUT2D eigenvalue weighted by Gasteiger charge is 2.09. The first-order valence-electron chi connectivity index (χ1n) is 8.44. The summed E-state index contributed by atoms with van der Waals surface area (Å²) in [5.41, 5.74) is 1.21. The van der Waals surface area contributed by atoms with Crippen molar-refractivity contribution in [2.24, 2.45) is 0 Å². The molecule has 27 heavy (non-hydrogen) atoms. The van der Waals surface area contributed by atoms with Crippen LogP contribution in [0.1, 0.15) is 28.8 Å². The van der Waals surface area contributed by atoms with Crippen LogP contribution in [0.25, 0.3) is 0 Å². The van der Waals surface area contributed by atoms with E-state index in [-0.39, 0.29) is 24.5 Å². The molecule has 7 heteroatoms. The molecular formula is C20H23NO6. The molecule has 144 valence electrons. The molecular weight excluding hydrogens is 350 g/mol. The van der Waals surface area contributed by atoms with Gasteiger partial charge in [-0.15, -0.1) is 0 Å². The van der Waals surface area contributed by atoms with Crippen molar-refractivity contribution in [3.63, 3.8) is 0 Å². The van der Waals surface area contributed by atoms with Crippen LogP contribution in [0.4, 0.5) is 5.69 Å². The van der Waals surface area contributed by atoms with Gasteiger partial charge in [-0.1, -0.05) is 0 Å². The smallest absolute Gasteiger partial charge is 0.335 e. The first kappa shape index (κ1) is 20.3. The Morgan fingerprint density at radius 3 is 2.37 bits per heavy atom. The van der Waals surface area contributed by atoms with Crippen molar-refractivity contribution in [3.05, 3.63) is 53.6 Å². The number of hydrogen-bond acceptors (Lipinski definition) is 5. The third-order valence-corrected chi connectivity index (χ3v) is 3.71. The lowest BCUT2D eigenvalue weighted by molar-refractivity contribution is -0.116. The molecule has 2 N–H and O–H groups in total. The summed E-state index contributed by atoms with van der Waals surface area (Å²) >= 11 is 0. The van der Waals surface area contributed by atoms with Crippen LogP contribution in [0.5, 0.6) is 11.5 Å². The number of carbonyl (C=O) groups excluding carboxylic acids is 1. The molecule has 0 radical (unpaired) electrons. The van der Waals surface area contributed by atoms with Gasteiger partial charge in [-0.2, -0.15) is 0 Å². The van der Waals surface area contributed by atoms with Gasteiger partial charge in [0.25, 0.3) is 0 Å². The van der Waals surface area contributed by atoms with Crippen LogP contribution in [-0.2, 0) is 16.1 Å². The van der Waals surface area contributed by atoms with Gasteiger partial charge in [0.15, 0.2) is 0 Å². The van der Waals surface area contributed by atoms with Crippen molar-refractivity contribution in [3.8, 4) is 11.5 Å². The standard InChI is InChI=1S/C20H23NO6/c1-25-13-14-10-15(20(23)24)12-16(11-14)21-19(22)4-3-9-27-18-7-5-17(26-2)6-8-18/h5-8,10-12H,3-4,9,13H2,1-2H3,(H,21,22)(H,23,24). The quantitative estimate of drug-likeness (QED) is 0.621. The van der Waals surface area contributed by atoms with Gasteiger partial charge in [0.1, 0.15) is 11.5 Å². The van der Waals surface area contributed by atoms with Crippen molar-refractivity contribution >= 4 is 17.6 Å². The van der Waals surface area contributed by atoms with Gasteiger partial charge in [-0.3, -0.25) is 4.79 Å². The Morgan fingerprint density at radius 2 is 1.74 bits per heavy atom. The Labute approximate surface area is 157 Å². The molecule has 0 atom stereocenters. The number of ether oxygens (including phenoxy) is 3. The Hall–Kier alpha value is -3.06. The lowest BCUT2D eigenvalue weighted by Crippen LogP contribution is -2.14. The average molecular weight is 373 g/mol. The van der Waals surface area contributed by atoms with Crippen LogP contribution in [-0.4, -0.2) is 37.8 Å². The summed E-state index contributed by atoms with van der Waals surface area (Å²) in [4.78, 5) is 23.3. The highest BCUT2D eigenvalue weighted by molar-refractivity contribution is 5.94. The second-order valence-electron chi connectivity index (χ2n) is 5.83. The fraction of sp³-hybridized carbons (Fsp3) is 0.300. The molecule has 0 aliphatic carbocycles. The molecule has 0 fully saturated rings. The van der Waals surface area contributed by atoms with Crippen molar-refractivity contribution in [1.82, 2.24) is 0 Å². The molecule has 2 rings (SSSR count). The number of anilines is 1. The van der Waals surface area contributed by atoms with Gasteiger partial charge in [0.05, 0.1) is 25.9 Å². The zero-order chi connectivity index (χ0) is 19.6. The molecule has 0 unspecified atom stereocenters. The zero-order valence-corrected chi connectivity index (χ0v) is 15.4. The maximum atomic E-state index is 12.1. The summed E-state index contributed by atoms with van der Waals surface area (Å²) in [5, 5.41) is 11.9. The fourth-order valence-corrected chi connectivity index (χ4v) is 2.46. The number of methoxy groups -OCH3 is 2. The van der Waals surface area contributed by atoms with E-state index < -0.39 is 5.97 Å². The third kappa shape index (κ3) is 6.63. The van der Waals surface area contributed by atoms with Gasteiger partial charge in [0, 0.05) is 19.2 Å². The third-order valence-electron chi connectivity index (χ3n) is 3.71. The van der Waals surface area contributed by atoms with E-state index in [1.54, 1.807) is 37.4 Å². The van der Waals surface area contributed by atoms with Crippen LogP contribution >= 0.6 is 0 Å². The van der Waals surface area contributed by atoms with E-state index >= 15 is 0 Å². The number of carbonyl (C=O) groups is 2. The van der Waals surface area contributed by atoms with Crippen LogP contribution in [0.15, 0.2) is 42.5 Å². The number of hydrogen-bond donors (Lipinski definition) is 2. The van der Waals surface area contributed by atoms with E-state index in [2.05, 4.69) is 5.32 Å². The van der Waals surface area contributed by atoms with Gasteiger partial charge >= 0.3 is 5.97 Å². The van der Waals surface area contributed by atoms with Crippen LogP contribution in [0.3, 0.4) is 0 Å². The number of nitrogens with one attached hydrogen (secondary N) is 1. The average Bonchev–Trinajstić information content (AvgIpc) is 2.65. The van der Waals surface area contributed by atoms with Gasteiger partial charge in [-0.05, 0) is 54.4 Å². The lowest BCUT2D eigenvalue weighted by Gasteiger charge is -2.10. The van der Waals surface area contributed by atoms with Crippen molar-refractivity contribution < 1.29 is 28.9 Å². The van der Waals surface area contributed by atoms with E-state index in [9.17, 15) is 14.7 Å². The number of amides is 1. The molecule has 0 aromatic heterocycles. The van der Waals surface area contributed by atoms with Crippen molar-refractivity contribution in [2.45, 2.75) is 19.4 Å². The Kier molecular flexibility index (Phi) is 7.63. The monoisotopic (exact) mass is 373 g/mol. The lowest BCUT2D eigenvalue weighted by atomic mass is 10.1. The Morgan fingerprint density at radius 1 is 1.04 bits per heavy atom. The second kappa shape index (κ2) is 10.2. The summed E-state index contributed by atoms with van der Waals surface area (Å²) in [7, 11) is 3.12. The maximum absolute atomic E-state index is 12.1. The van der Waals surface area contributed by atoms with Gasteiger partial charge in [-0.25, -0.2) is 4.79 Å². The minimum absolute atomic E-state index is 0.0997. The van der Waals surface area contributed by atoms with E-state index in [1.165, 1.54) is 19.2 Å². The number of aromatic carboxylic acids is 1. The molecule has 7 nitrogen and oxygen atoms in total. The molecule has 0 aliphatic heterocycles.